The molecular weight excluding hydrogens is 246 g/mol. The van der Waals surface area contributed by atoms with E-state index in [2.05, 4.69) is 0 Å². The van der Waals surface area contributed by atoms with Crippen molar-refractivity contribution in [2.45, 2.75) is 19.3 Å². The summed E-state index contributed by atoms with van der Waals surface area (Å²) in [6.45, 7) is 1.41. The Bertz CT molecular complexity index is 741. The highest BCUT2D eigenvalue weighted by molar-refractivity contribution is 6.15. The first-order valence-electron chi connectivity index (χ1n) is 5.91. The summed E-state index contributed by atoms with van der Waals surface area (Å²) in [5, 5.41) is 9.83. The fourth-order valence-electron chi connectivity index (χ4n) is 2.70. The average Bonchev–Trinajstić information content (AvgIpc) is 2.74. The maximum absolute atomic E-state index is 12.0. The number of nitrogens with zero attached hydrogens (tertiary/aromatic N) is 1. The van der Waals surface area contributed by atoms with Crippen LogP contribution in [0, 0.1) is 0 Å². The maximum atomic E-state index is 12.0. The second kappa shape index (κ2) is 3.78. The molecule has 1 aliphatic rings. The molecule has 96 valence electrons. The molecule has 1 heterocycles. The zero-order valence-electron chi connectivity index (χ0n) is 10.2. The van der Waals surface area contributed by atoms with Crippen LogP contribution in [0.5, 0.6) is 0 Å². The van der Waals surface area contributed by atoms with Crippen molar-refractivity contribution >= 4 is 28.6 Å². The predicted octanol–water partition coefficient (Wildman–Crippen LogP) is 2.06. The van der Waals surface area contributed by atoms with Crippen LogP contribution < -0.4 is 0 Å². The Morgan fingerprint density at radius 1 is 1.37 bits per heavy atom. The van der Waals surface area contributed by atoms with Gasteiger partial charge in [-0.1, -0.05) is 12.1 Å². The van der Waals surface area contributed by atoms with Crippen LogP contribution in [0.1, 0.15) is 40.0 Å². The Kier molecular flexibility index (Phi) is 2.32. The fraction of sp³-hybridized carbons (Fsp3) is 0.214. The number of carbonyl (C=O) groups excluding carboxylic acids is 2. The van der Waals surface area contributed by atoms with Gasteiger partial charge >= 0.3 is 5.97 Å². The topological polar surface area (TPSA) is 76.4 Å². The third-order valence-corrected chi connectivity index (χ3v) is 3.56. The molecule has 2 aromatic rings. The summed E-state index contributed by atoms with van der Waals surface area (Å²) in [6.07, 6.45) is 1.49. The van der Waals surface area contributed by atoms with Crippen molar-refractivity contribution in [3.63, 3.8) is 0 Å². The summed E-state index contributed by atoms with van der Waals surface area (Å²) >= 11 is 0. The zero-order valence-corrected chi connectivity index (χ0v) is 10.2. The molecule has 0 saturated carbocycles. The van der Waals surface area contributed by atoms with E-state index in [0.717, 1.165) is 0 Å². The van der Waals surface area contributed by atoms with Crippen LogP contribution in [0.15, 0.2) is 24.4 Å². The van der Waals surface area contributed by atoms with E-state index in [9.17, 15) is 19.5 Å². The molecular formula is C14H11NO4. The van der Waals surface area contributed by atoms with Crippen LogP contribution >= 0.6 is 0 Å². The van der Waals surface area contributed by atoms with Crippen molar-refractivity contribution in [3.05, 3.63) is 35.5 Å². The van der Waals surface area contributed by atoms with Crippen molar-refractivity contribution in [1.82, 2.24) is 4.57 Å². The van der Waals surface area contributed by atoms with Crippen LogP contribution in [0.3, 0.4) is 0 Å². The molecule has 0 bridgehead atoms. The second-order valence-electron chi connectivity index (χ2n) is 4.69. The maximum Gasteiger partial charge on any atom is 0.311 e. The largest absolute Gasteiger partial charge is 0.481 e. The smallest absolute Gasteiger partial charge is 0.311 e. The molecule has 19 heavy (non-hydrogen) atoms. The van der Waals surface area contributed by atoms with Crippen LogP contribution in [-0.2, 0) is 4.79 Å². The number of aromatic nitrogens is 1. The van der Waals surface area contributed by atoms with Gasteiger partial charge in [-0.25, -0.2) is 0 Å². The Morgan fingerprint density at radius 2 is 2.11 bits per heavy atom. The molecule has 1 N–H and O–H groups in total. The molecule has 0 fully saturated rings. The third kappa shape index (κ3) is 1.51. The lowest BCUT2D eigenvalue weighted by atomic mass is 9.84. The number of carboxylic acid groups (broad SMARTS) is 1. The lowest BCUT2D eigenvalue weighted by Crippen LogP contribution is -2.20. The van der Waals surface area contributed by atoms with E-state index in [-0.39, 0.29) is 18.1 Å². The van der Waals surface area contributed by atoms with E-state index < -0.39 is 11.9 Å². The molecule has 0 radical (unpaired) electrons. The van der Waals surface area contributed by atoms with E-state index in [1.54, 1.807) is 24.4 Å². The van der Waals surface area contributed by atoms with Gasteiger partial charge in [-0.05, 0) is 11.6 Å². The first-order valence-corrected chi connectivity index (χ1v) is 5.91. The minimum Gasteiger partial charge on any atom is -0.481 e. The number of hydrogen-bond acceptors (Lipinski definition) is 3. The molecule has 1 aromatic carbocycles. The molecule has 5 nitrogen and oxygen atoms in total. The fourth-order valence-corrected chi connectivity index (χ4v) is 2.70. The summed E-state index contributed by atoms with van der Waals surface area (Å²) in [5.74, 6) is -2.30. The molecule has 0 saturated heterocycles. The predicted molar refractivity (Wildman–Crippen MR) is 67.6 cm³/mol. The number of Topliss-reactive ketones (excluding diaryl/α,β-unsaturated/α-hetero) is 1. The average molecular weight is 257 g/mol. The van der Waals surface area contributed by atoms with Gasteiger partial charge in [0.1, 0.15) is 0 Å². The van der Waals surface area contributed by atoms with Crippen molar-refractivity contribution in [3.8, 4) is 0 Å². The lowest BCUT2D eigenvalue weighted by molar-refractivity contribution is -0.138. The molecule has 5 heteroatoms. The van der Waals surface area contributed by atoms with Crippen molar-refractivity contribution in [2.75, 3.05) is 0 Å². The Balaban J connectivity index is 2.43. The summed E-state index contributed by atoms with van der Waals surface area (Å²) in [5.41, 5.74) is 1.65. The minimum atomic E-state index is -1.04. The summed E-state index contributed by atoms with van der Waals surface area (Å²) in [6, 6.07) is 5.11. The molecule has 1 aromatic heterocycles. The lowest BCUT2D eigenvalue weighted by Gasteiger charge is -2.17. The highest BCUT2D eigenvalue weighted by Crippen LogP contribution is 2.38. The van der Waals surface area contributed by atoms with Gasteiger partial charge in [0.15, 0.2) is 5.78 Å². The number of aliphatic carboxylic acids is 1. The first-order chi connectivity index (χ1) is 9.00. The Hall–Kier alpha value is -2.43. The van der Waals surface area contributed by atoms with Crippen LogP contribution in [0.4, 0.5) is 0 Å². The van der Waals surface area contributed by atoms with Gasteiger partial charge in [-0.3, -0.25) is 19.0 Å². The Morgan fingerprint density at radius 3 is 2.74 bits per heavy atom. The van der Waals surface area contributed by atoms with E-state index in [1.165, 1.54) is 11.5 Å². The minimum absolute atomic E-state index is 0.0522. The number of carboxylic acids is 1. The molecule has 0 aliphatic heterocycles. The number of carbonyl (C=O) groups is 3. The van der Waals surface area contributed by atoms with Gasteiger partial charge < -0.3 is 5.11 Å². The number of benzene rings is 1. The standard InChI is InChI=1S/C14H11NO4/c1-7(16)15-6-10-9(14(18)19)5-12(17)8-3-2-4-11(15)13(8)10/h2-4,6,9H,5H2,1H3,(H,18,19)/t9-/m1/s1. The summed E-state index contributed by atoms with van der Waals surface area (Å²) < 4.78 is 1.41. The molecule has 0 unspecified atom stereocenters. The third-order valence-electron chi connectivity index (χ3n) is 3.56. The normalized spacial score (nSPS) is 17.7. The van der Waals surface area contributed by atoms with Gasteiger partial charge in [0.25, 0.3) is 0 Å². The number of hydrogen-bond donors (Lipinski definition) is 1. The number of ketones is 1. The van der Waals surface area contributed by atoms with Crippen molar-refractivity contribution in [2.24, 2.45) is 0 Å². The zero-order chi connectivity index (χ0) is 13.7. The van der Waals surface area contributed by atoms with Gasteiger partial charge in [-0.2, -0.15) is 0 Å². The quantitative estimate of drug-likeness (QED) is 0.848. The molecule has 0 amide bonds. The summed E-state index contributed by atoms with van der Waals surface area (Å²) in [7, 11) is 0. The van der Waals surface area contributed by atoms with Gasteiger partial charge in [0.05, 0.1) is 11.4 Å². The number of rotatable bonds is 1. The molecule has 1 atom stereocenters. The second-order valence-corrected chi connectivity index (χ2v) is 4.69. The van der Waals surface area contributed by atoms with E-state index >= 15 is 0 Å². The monoisotopic (exact) mass is 257 g/mol. The van der Waals surface area contributed by atoms with Crippen LogP contribution in [0.25, 0.3) is 10.9 Å². The molecule has 1 aliphatic carbocycles. The first kappa shape index (κ1) is 11.6. The molecule has 3 rings (SSSR count). The van der Waals surface area contributed by atoms with E-state index in [4.69, 9.17) is 0 Å². The van der Waals surface area contributed by atoms with Gasteiger partial charge in [-0.15, -0.1) is 0 Å². The highest BCUT2D eigenvalue weighted by atomic mass is 16.4. The van der Waals surface area contributed by atoms with E-state index in [0.29, 0.717) is 22.0 Å². The van der Waals surface area contributed by atoms with E-state index in [1.807, 2.05) is 0 Å². The van der Waals surface area contributed by atoms with Crippen LogP contribution in [0.2, 0.25) is 0 Å². The van der Waals surface area contributed by atoms with Gasteiger partial charge in [0, 0.05) is 30.5 Å². The van der Waals surface area contributed by atoms with Crippen molar-refractivity contribution < 1.29 is 19.5 Å². The van der Waals surface area contributed by atoms with Gasteiger partial charge in [0.2, 0.25) is 5.91 Å². The summed E-state index contributed by atoms with van der Waals surface area (Å²) in [4.78, 5) is 34.9. The van der Waals surface area contributed by atoms with Crippen LogP contribution in [-0.4, -0.2) is 27.3 Å². The SMILES string of the molecule is CC(=O)n1cc2c3c(cccc31)C(=O)C[C@H]2C(=O)O. The highest BCUT2D eigenvalue weighted by Gasteiger charge is 2.34. The Labute approximate surface area is 108 Å². The van der Waals surface area contributed by atoms with Crippen molar-refractivity contribution in [1.29, 1.82) is 0 Å². The molecule has 0 spiro atoms.